The molecule has 0 spiro atoms. The minimum atomic E-state index is -0.518. The van der Waals surface area contributed by atoms with Crippen LogP contribution >= 0.6 is 0 Å². The van der Waals surface area contributed by atoms with E-state index >= 15 is 0 Å². The Morgan fingerprint density at radius 1 is 1.33 bits per heavy atom. The molecule has 2 rings (SSSR count). The number of nitrogens with zero attached hydrogens (tertiary/aromatic N) is 2. The van der Waals surface area contributed by atoms with Gasteiger partial charge in [0.1, 0.15) is 18.0 Å². The van der Waals surface area contributed by atoms with E-state index in [4.69, 9.17) is 9.47 Å². The highest BCUT2D eigenvalue weighted by molar-refractivity contribution is 5.83. The molecule has 0 saturated carbocycles. The third-order valence-corrected chi connectivity index (χ3v) is 4.62. The highest BCUT2D eigenvalue weighted by atomic mass is 16.6. The summed E-state index contributed by atoms with van der Waals surface area (Å²) in [5, 5.41) is 0. The smallest absolute Gasteiger partial charge is 0.414 e. The second-order valence-corrected chi connectivity index (χ2v) is 8.67. The average Bonchev–Trinajstić information content (AvgIpc) is 2.58. The molecule has 0 fully saturated rings. The van der Waals surface area contributed by atoms with Crippen LogP contribution in [0.1, 0.15) is 46.6 Å². The van der Waals surface area contributed by atoms with Crippen LogP contribution in [-0.2, 0) is 4.74 Å². The summed E-state index contributed by atoms with van der Waals surface area (Å²) in [5.74, 6) is 1.21. The van der Waals surface area contributed by atoms with Crippen LogP contribution in [0.25, 0.3) is 5.70 Å². The molecule has 0 aromatic heterocycles. The molecule has 1 aromatic carbocycles. The first-order valence-corrected chi connectivity index (χ1v) is 9.67. The Hall–Kier alpha value is -2.01. The van der Waals surface area contributed by atoms with Crippen molar-refractivity contribution in [2.24, 2.45) is 5.92 Å². The van der Waals surface area contributed by atoms with Crippen molar-refractivity contribution >= 4 is 11.8 Å². The summed E-state index contributed by atoms with van der Waals surface area (Å²) in [7, 11) is 4.08. The maximum absolute atomic E-state index is 12.7. The molecule has 0 aliphatic carbocycles. The summed E-state index contributed by atoms with van der Waals surface area (Å²) >= 11 is 0. The molecule has 0 N–H and O–H groups in total. The number of likely N-dealkylation sites (N-methyl/N-ethyl adjacent to an activating group) is 1. The number of hydrogen-bond donors (Lipinski definition) is 0. The van der Waals surface area contributed by atoms with E-state index in [9.17, 15) is 4.79 Å². The Morgan fingerprint density at radius 3 is 2.67 bits per heavy atom. The summed E-state index contributed by atoms with van der Waals surface area (Å²) in [5.41, 5.74) is 1.35. The largest absolute Gasteiger partial charge is 0.492 e. The highest BCUT2D eigenvalue weighted by Crippen LogP contribution is 2.31. The number of rotatable bonds is 5. The molecule has 1 aromatic rings. The summed E-state index contributed by atoms with van der Waals surface area (Å²) < 4.78 is 11.6. The number of hydrogen-bond acceptors (Lipinski definition) is 4. The van der Waals surface area contributed by atoms with Gasteiger partial charge in [0.2, 0.25) is 0 Å². The molecule has 0 bridgehead atoms. The van der Waals surface area contributed by atoms with Crippen molar-refractivity contribution in [3.05, 3.63) is 35.9 Å². The first-order chi connectivity index (χ1) is 12.6. The van der Waals surface area contributed by atoms with Gasteiger partial charge in [-0.2, -0.15) is 0 Å². The van der Waals surface area contributed by atoms with Crippen molar-refractivity contribution in [1.29, 1.82) is 0 Å². The van der Waals surface area contributed by atoms with Crippen LogP contribution < -0.4 is 4.74 Å². The highest BCUT2D eigenvalue weighted by Gasteiger charge is 2.29. The van der Waals surface area contributed by atoms with Crippen molar-refractivity contribution in [2.75, 3.05) is 27.2 Å². The lowest BCUT2D eigenvalue weighted by molar-refractivity contribution is 0.0327. The third-order valence-electron chi connectivity index (χ3n) is 4.62. The zero-order valence-corrected chi connectivity index (χ0v) is 17.8. The van der Waals surface area contributed by atoms with Gasteiger partial charge in [0.15, 0.2) is 0 Å². The van der Waals surface area contributed by atoms with E-state index in [1.165, 1.54) is 0 Å². The fourth-order valence-corrected chi connectivity index (χ4v) is 2.78. The predicted molar refractivity (Wildman–Crippen MR) is 110 cm³/mol. The van der Waals surface area contributed by atoms with Crippen LogP contribution in [0.15, 0.2) is 30.3 Å². The van der Waals surface area contributed by atoms with E-state index in [0.717, 1.165) is 23.4 Å². The van der Waals surface area contributed by atoms with E-state index in [1.54, 1.807) is 4.90 Å². The first kappa shape index (κ1) is 21.3. The summed E-state index contributed by atoms with van der Waals surface area (Å²) in [4.78, 5) is 16.6. The van der Waals surface area contributed by atoms with Gasteiger partial charge in [0.25, 0.3) is 0 Å². The topological polar surface area (TPSA) is 42.0 Å². The summed E-state index contributed by atoms with van der Waals surface area (Å²) in [6.07, 6.45) is 2.77. The molecule has 5 heteroatoms. The van der Waals surface area contributed by atoms with E-state index < -0.39 is 5.60 Å². The van der Waals surface area contributed by atoms with E-state index in [2.05, 4.69) is 24.8 Å². The van der Waals surface area contributed by atoms with Crippen molar-refractivity contribution in [1.82, 2.24) is 9.80 Å². The Kier molecular flexibility index (Phi) is 6.93. The van der Waals surface area contributed by atoms with Gasteiger partial charge in [-0.3, -0.25) is 4.90 Å². The Balaban J connectivity index is 2.20. The molecule has 0 saturated heterocycles. The normalized spacial score (nSPS) is 18.9. The molecule has 1 amide bonds. The number of allylic oxidation sites excluding steroid dienone is 1. The van der Waals surface area contributed by atoms with Crippen LogP contribution in [0, 0.1) is 5.92 Å². The molecule has 5 nitrogen and oxygen atoms in total. The second-order valence-electron chi connectivity index (χ2n) is 8.67. The zero-order chi connectivity index (χ0) is 20.2. The molecule has 27 heavy (non-hydrogen) atoms. The molecular formula is C22H34N2O3. The van der Waals surface area contributed by atoms with Gasteiger partial charge in [-0.25, -0.2) is 4.79 Å². The van der Waals surface area contributed by atoms with Crippen LogP contribution in [0.4, 0.5) is 4.79 Å². The Bertz CT molecular complexity index is 676. The molecule has 0 radical (unpaired) electrons. The number of carbonyl (C=O) groups is 1. The molecule has 1 aliphatic rings. The summed E-state index contributed by atoms with van der Waals surface area (Å²) in [6, 6.07) is 8.26. The first-order valence-electron chi connectivity index (χ1n) is 9.67. The van der Waals surface area contributed by atoms with E-state index in [-0.39, 0.29) is 6.09 Å². The van der Waals surface area contributed by atoms with Crippen LogP contribution in [0.2, 0.25) is 0 Å². The molecule has 150 valence electrons. The van der Waals surface area contributed by atoms with E-state index in [0.29, 0.717) is 25.1 Å². The third kappa shape index (κ3) is 6.28. The van der Waals surface area contributed by atoms with Gasteiger partial charge >= 0.3 is 6.09 Å². The SMILES string of the molecule is C[C@H]1CC=C(c2cccc(OC[C@H](C)N(C)C)c2)N(C(=O)OC(C)(C)C)C1. The number of amides is 1. The number of benzene rings is 1. The van der Waals surface area contributed by atoms with Gasteiger partial charge in [-0.15, -0.1) is 0 Å². The minimum absolute atomic E-state index is 0.298. The average molecular weight is 375 g/mol. The van der Waals surface area contributed by atoms with Crippen molar-refractivity contribution in [2.45, 2.75) is 52.7 Å². The van der Waals surface area contributed by atoms with Gasteiger partial charge < -0.3 is 14.4 Å². The Labute approximate surface area is 163 Å². The van der Waals surface area contributed by atoms with Crippen LogP contribution in [0.3, 0.4) is 0 Å². The fourth-order valence-electron chi connectivity index (χ4n) is 2.78. The van der Waals surface area contributed by atoms with Crippen LogP contribution in [0.5, 0.6) is 5.75 Å². The van der Waals surface area contributed by atoms with Gasteiger partial charge in [-0.1, -0.05) is 25.1 Å². The molecule has 0 unspecified atom stereocenters. The lowest BCUT2D eigenvalue weighted by atomic mass is 9.98. The fraction of sp³-hybridized carbons (Fsp3) is 0.591. The number of ether oxygens (including phenoxy) is 2. The monoisotopic (exact) mass is 374 g/mol. The van der Waals surface area contributed by atoms with Crippen LogP contribution in [-0.4, -0.2) is 54.8 Å². The lowest BCUT2D eigenvalue weighted by Crippen LogP contribution is -2.39. The standard InChI is InChI=1S/C22H34N2O3/c1-16-11-12-20(24(14-16)21(25)27-22(3,4)5)18-9-8-10-19(13-18)26-15-17(2)23(6)7/h8-10,12-13,16-17H,11,14-15H2,1-7H3/t16-,17-/m0/s1. The van der Waals surface area contributed by atoms with Gasteiger partial charge in [0, 0.05) is 18.2 Å². The molecule has 1 aliphatic heterocycles. The molecular weight excluding hydrogens is 340 g/mol. The van der Waals surface area contributed by atoms with Crippen molar-refractivity contribution in [3.63, 3.8) is 0 Å². The lowest BCUT2D eigenvalue weighted by Gasteiger charge is -2.34. The van der Waals surface area contributed by atoms with Crippen molar-refractivity contribution < 1.29 is 14.3 Å². The van der Waals surface area contributed by atoms with Gasteiger partial charge in [0.05, 0.1) is 5.70 Å². The molecule has 1 heterocycles. The second kappa shape index (κ2) is 8.79. The van der Waals surface area contributed by atoms with Gasteiger partial charge in [-0.05, 0) is 66.3 Å². The zero-order valence-electron chi connectivity index (χ0n) is 17.8. The minimum Gasteiger partial charge on any atom is -0.492 e. The van der Waals surface area contributed by atoms with Crippen molar-refractivity contribution in [3.8, 4) is 5.75 Å². The van der Waals surface area contributed by atoms with E-state index in [1.807, 2.05) is 59.1 Å². The quantitative estimate of drug-likeness (QED) is 0.753. The molecule has 2 atom stereocenters. The maximum atomic E-state index is 12.7. The predicted octanol–water partition coefficient (Wildman–Crippen LogP) is 4.63. The maximum Gasteiger partial charge on any atom is 0.414 e. The number of carbonyl (C=O) groups excluding carboxylic acids is 1. The summed E-state index contributed by atoms with van der Waals surface area (Å²) in [6.45, 7) is 11.2. The Morgan fingerprint density at radius 2 is 2.04 bits per heavy atom.